The van der Waals surface area contributed by atoms with Crippen molar-refractivity contribution in [3.05, 3.63) is 58.7 Å². The normalized spacial score (nSPS) is 10.3. The Kier molecular flexibility index (Phi) is 9.06. The highest BCUT2D eigenvalue weighted by Gasteiger charge is 2.14. The first-order chi connectivity index (χ1) is 14.8. The van der Waals surface area contributed by atoms with Gasteiger partial charge >= 0.3 is 0 Å². The number of nitrogens with one attached hydrogen (secondary N) is 2. The molecule has 0 atom stereocenters. The zero-order valence-electron chi connectivity index (χ0n) is 18.5. The summed E-state index contributed by atoms with van der Waals surface area (Å²) < 4.78 is 10.9. The molecule has 7 heteroatoms. The molecule has 0 heterocycles. The maximum Gasteiger partial charge on any atom is 0.269 e. The van der Waals surface area contributed by atoms with Crippen LogP contribution in [0.5, 0.6) is 11.5 Å². The van der Waals surface area contributed by atoms with E-state index in [9.17, 15) is 14.4 Å². The van der Waals surface area contributed by atoms with Crippen molar-refractivity contribution in [3.8, 4) is 11.5 Å². The first kappa shape index (κ1) is 23.9. The van der Waals surface area contributed by atoms with Crippen LogP contribution in [0.3, 0.4) is 0 Å². The molecule has 2 N–H and O–H groups in total. The van der Waals surface area contributed by atoms with Crippen molar-refractivity contribution in [1.82, 2.24) is 10.9 Å². The second-order valence-corrected chi connectivity index (χ2v) is 7.31. The Hall–Kier alpha value is -3.35. The lowest BCUT2D eigenvalue weighted by molar-refractivity contribution is -0.121. The number of hydrazine groups is 1. The number of hydrogen-bond donors (Lipinski definition) is 2. The maximum absolute atomic E-state index is 12.4. The van der Waals surface area contributed by atoms with Gasteiger partial charge in [0.15, 0.2) is 17.3 Å². The van der Waals surface area contributed by atoms with Gasteiger partial charge in [-0.2, -0.15) is 0 Å². The van der Waals surface area contributed by atoms with E-state index in [0.717, 1.165) is 24.0 Å². The molecular formula is C24H30N2O5. The fraction of sp³-hybridized carbons (Fsp3) is 0.375. The number of Topliss-reactive ketones (excluding diaryl/α,β-unsaturated/α-hetero) is 1. The molecule has 166 valence electrons. The molecule has 0 aliphatic heterocycles. The molecule has 0 fully saturated rings. The van der Waals surface area contributed by atoms with Crippen LogP contribution in [0.4, 0.5) is 0 Å². The Labute approximate surface area is 183 Å². The highest BCUT2D eigenvalue weighted by Crippen LogP contribution is 2.28. The number of unbranched alkanes of at least 4 members (excludes halogenated alkanes) is 1. The molecule has 2 rings (SSSR count). The van der Waals surface area contributed by atoms with Gasteiger partial charge in [0.25, 0.3) is 5.91 Å². The number of benzene rings is 2. The Balaban J connectivity index is 1.86. The second kappa shape index (κ2) is 11.7. The summed E-state index contributed by atoms with van der Waals surface area (Å²) in [5.74, 6) is -0.0483. The van der Waals surface area contributed by atoms with Gasteiger partial charge in [-0.15, -0.1) is 0 Å². The van der Waals surface area contributed by atoms with Crippen LogP contribution in [0.15, 0.2) is 36.4 Å². The number of methoxy groups -OCH3 is 1. The molecule has 2 aromatic rings. The van der Waals surface area contributed by atoms with E-state index in [1.807, 2.05) is 32.0 Å². The van der Waals surface area contributed by atoms with Gasteiger partial charge in [0, 0.05) is 24.0 Å². The summed E-state index contributed by atoms with van der Waals surface area (Å²) in [4.78, 5) is 36.8. The van der Waals surface area contributed by atoms with Gasteiger partial charge in [-0.25, -0.2) is 0 Å². The van der Waals surface area contributed by atoms with Crippen LogP contribution in [-0.4, -0.2) is 31.3 Å². The Bertz CT molecular complexity index is 940. The van der Waals surface area contributed by atoms with E-state index in [0.29, 0.717) is 29.2 Å². The lowest BCUT2D eigenvalue weighted by Crippen LogP contribution is -2.41. The first-order valence-corrected chi connectivity index (χ1v) is 10.4. The van der Waals surface area contributed by atoms with Crippen LogP contribution in [0, 0.1) is 13.8 Å². The number of hydrogen-bond acceptors (Lipinski definition) is 5. The van der Waals surface area contributed by atoms with Gasteiger partial charge in [-0.05, 0) is 50.1 Å². The molecule has 0 unspecified atom stereocenters. The SMILES string of the molecule is CCCCOc1ccc(C(=O)NNC(=O)CCC(=O)c2cc(C)ccc2C)cc1OC. The Morgan fingerprint density at radius 1 is 0.935 bits per heavy atom. The van der Waals surface area contributed by atoms with Crippen molar-refractivity contribution in [3.63, 3.8) is 0 Å². The highest BCUT2D eigenvalue weighted by atomic mass is 16.5. The highest BCUT2D eigenvalue weighted by molar-refractivity contribution is 6.00. The maximum atomic E-state index is 12.4. The third-order valence-corrected chi connectivity index (χ3v) is 4.77. The smallest absolute Gasteiger partial charge is 0.269 e. The van der Waals surface area contributed by atoms with Gasteiger partial charge in [-0.1, -0.05) is 31.0 Å². The molecule has 0 radical (unpaired) electrons. The minimum Gasteiger partial charge on any atom is -0.493 e. The van der Waals surface area contributed by atoms with E-state index in [1.54, 1.807) is 18.2 Å². The molecule has 2 amide bonds. The van der Waals surface area contributed by atoms with E-state index in [-0.39, 0.29) is 18.6 Å². The molecule has 0 aromatic heterocycles. The summed E-state index contributed by atoms with van der Waals surface area (Å²) in [6.45, 7) is 6.41. The molecule has 0 saturated carbocycles. The summed E-state index contributed by atoms with van der Waals surface area (Å²) in [6.07, 6.45) is 1.96. The third-order valence-electron chi connectivity index (χ3n) is 4.77. The topological polar surface area (TPSA) is 93.7 Å². The van der Waals surface area contributed by atoms with Crippen LogP contribution in [0.25, 0.3) is 0 Å². The van der Waals surface area contributed by atoms with Crippen molar-refractivity contribution in [2.75, 3.05) is 13.7 Å². The monoisotopic (exact) mass is 426 g/mol. The third kappa shape index (κ3) is 7.13. The number of aryl methyl sites for hydroxylation is 2. The number of rotatable bonds is 10. The van der Waals surface area contributed by atoms with E-state index in [2.05, 4.69) is 17.8 Å². The number of ether oxygens (including phenoxy) is 2. The Morgan fingerprint density at radius 2 is 1.71 bits per heavy atom. The minimum atomic E-state index is -0.493. The predicted octanol–water partition coefficient (Wildman–Crippen LogP) is 3.92. The molecule has 7 nitrogen and oxygen atoms in total. The van der Waals surface area contributed by atoms with E-state index in [4.69, 9.17) is 9.47 Å². The van der Waals surface area contributed by atoms with E-state index >= 15 is 0 Å². The zero-order chi connectivity index (χ0) is 22.8. The van der Waals surface area contributed by atoms with Crippen molar-refractivity contribution in [2.45, 2.75) is 46.5 Å². The van der Waals surface area contributed by atoms with Crippen LogP contribution in [-0.2, 0) is 4.79 Å². The lowest BCUT2D eigenvalue weighted by Gasteiger charge is -2.12. The standard InChI is InChI=1S/C24H30N2O5/c1-5-6-13-31-21-11-9-18(15-22(21)30-4)24(29)26-25-23(28)12-10-20(27)19-14-16(2)7-8-17(19)3/h7-9,11,14-15H,5-6,10,12-13H2,1-4H3,(H,25,28)(H,26,29). The van der Waals surface area contributed by atoms with Crippen LogP contribution in [0.2, 0.25) is 0 Å². The molecule has 0 saturated heterocycles. The number of ketones is 1. The first-order valence-electron chi connectivity index (χ1n) is 10.4. The largest absolute Gasteiger partial charge is 0.493 e. The number of carbonyl (C=O) groups is 3. The number of carbonyl (C=O) groups excluding carboxylic acids is 3. The molecule has 31 heavy (non-hydrogen) atoms. The molecule has 0 spiro atoms. The molecule has 2 aromatic carbocycles. The summed E-state index contributed by atoms with van der Waals surface area (Å²) >= 11 is 0. The van der Waals surface area contributed by atoms with Gasteiger partial charge in [0.05, 0.1) is 13.7 Å². The van der Waals surface area contributed by atoms with Gasteiger partial charge in [0.1, 0.15) is 0 Å². The molecule has 0 aliphatic carbocycles. The van der Waals surface area contributed by atoms with Gasteiger partial charge < -0.3 is 9.47 Å². The quantitative estimate of drug-likeness (QED) is 0.341. The average Bonchev–Trinajstić information content (AvgIpc) is 2.77. The van der Waals surface area contributed by atoms with Crippen LogP contribution >= 0.6 is 0 Å². The van der Waals surface area contributed by atoms with Crippen molar-refractivity contribution >= 4 is 17.6 Å². The van der Waals surface area contributed by atoms with Crippen LogP contribution in [0.1, 0.15) is 64.4 Å². The summed E-state index contributed by atoms with van der Waals surface area (Å²) in [7, 11) is 1.50. The average molecular weight is 427 g/mol. The minimum absolute atomic E-state index is 0.0278. The molecule has 0 bridgehead atoms. The molecule has 0 aliphatic rings. The van der Waals surface area contributed by atoms with Crippen LogP contribution < -0.4 is 20.3 Å². The summed E-state index contributed by atoms with van der Waals surface area (Å²) in [5.41, 5.74) is 7.50. The zero-order valence-corrected chi connectivity index (χ0v) is 18.5. The van der Waals surface area contributed by atoms with Gasteiger partial charge in [0.2, 0.25) is 5.91 Å². The number of amides is 2. The van der Waals surface area contributed by atoms with Gasteiger partial charge in [-0.3, -0.25) is 25.2 Å². The predicted molar refractivity (Wildman–Crippen MR) is 118 cm³/mol. The fourth-order valence-corrected chi connectivity index (χ4v) is 2.91. The second-order valence-electron chi connectivity index (χ2n) is 7.31. The van der Waals surface area contributed by atoms with Crippen molar-refractivity contribution in [2.24, 2.45) is 0 Å². The molecular weight excluding hydrogens is 396 g/mol. The summed E-state index contributed by atoms with van der Waals surface area (Å²) in [6, 6.07) is 10.4. The van der Waals surface area contributed by atoms with E-state index < -0.39 is 11.8 Å². The van der Waals surface area contributed by atoms with E-state index in [1.165, 1.54) is 7.11 Å². The van der Waals surface area contributed by atoms with Crippen molar-refractivity contribution < 1.29 is 23.9 Å². The fourth-order valence-electron chi connectivity index (χ4n) is 2.91. The van der Waals surface area contributed by atoms with Crippen molar-refractivity contribution in [1.29, 1.82) is 0 Å². The Morgan fingerprint density at radius 3 is 2.42 bits per heavy atom. The summed E-state index contributed by atoms with van der Waals surface area (Å²) in [5, 5.41) is 0. The lowest BCUT2D eigenvalue weighted by atomic mass is 9.99.